The van der Waals surface area contributed by atoms with E-state index in [4.69, 9.17) is 27.4 Å². The number of carboxylic acid groups (broad SMARTS) is 3. The number of nitrogens with one attached hydrogen (secondary N) is 3. The van der Waals surface area contributed by atoms with Crippen molar-refractivity contribution in [3.63, 3.8) is 0 Å². The fraction of sp³-hybridized carbons (Fsp3) is 0.579. The van der Waals surface area contributed by atoms with Gasteiger partial charge in [-0.1, -0.05) is 0 Å². The van der Waals surface area contributed by atoms with Gasteiger partial charge >= 0.3 is 17.9 Å². The summed E-state index contributed by atoms with van der Waals surface area (Å²) in [7, 11) is 0. The third-order valence-electron chi connectivity index (χ3n) is 4.62. The van der Waals surface area contributed by atoms with Crippen molar-refractivity contribution >= 4 is 47.4 Å². The summed E-state index contributed by atoms with van der Waals surface area (Å²) in [6.07, 6.45) is -3.34. The molecule has 0 saturated carbocycles. The fourth-order valence-electron chi connectivity index (χ4n) is 2.72. The molecule has 36 heavy (non-hydrogen) atoms. The van der Waals surface area contributed by atoms with Crippen LogP contribution in [0.4, 0.5) is 0 Å². The van der Waals surface area contributed by atoms with Gasteiger partial charge in [0.2, 0.25) is 29.5 Å². The molecule has 17 heteroatoms. The Labute approximate surface area is 204 Å². The molecule has 0 spiro atoms. The number of nitrogens with two attached hydrogens (primary N) is 3. The van der Waals surface area contributed by atoms with Crippen LogP contribution in [-0.2, 0) is 38.4 Å². The van der Waals surface area contributed by atoms with E-state index in [1.54, 1.807) is 0 Å². The highest BCUT2D eigenvalue weighted by Gasteiger charge is 2.32. The van der Waals surface area contributed by atoms with E-state index in [-0.39, 0.29) is 12.8 Å². The zero-order valence-corrected chi connectivity index (χ0v) is 19.1. The van der Waals surface area contributed by atoms with E-state index in [1.165, 1.54) is 0 Å². The van der Waals surface area contributed by atoms with E-state index in [0.717, 1.165) is 0 Å². The number of hydrogen-bond acceptors (Lipinski definition) is 9. The number of carboxylic acids is 3. The van der Waals surface area contributed by atoms with Gasteiger partial charge in [-0.3, -0.25) is 33.6 Å². The second-order valence-electron chi connectivity index (χ2n) is 7.67. The number of carbonyl (C=O) groups is 8. The largest absolute Gasteiger partial charge is 0.481 e. The topological polar surface area (TPSA) is 311 Å². The molecule has 5 amide bonds. The highest BCUT2D eigenvalue weighted by Crippen LogP contribution is 2.05. The van der Waals surface area contributed by atoms with Crippen molar-refractivity contribution in [2.24, 2.45) is 17.2 Å². The number of aliphatic carboxylic acids is 3. The first-order chi connectivity index (χ1) is 16.6. The van der Waals surface area contributed by atoms with Crippen LogP contribution >= 0.6 is 0 Å². The molecule has 0 aromatic carbocycles. The molecule has 0 radical (unpaired) electrons. The van der Waals surface area contributed by atoms with Gasteiger partial charge in [0.05, 0.1) is 12.5 Å². The third-order valence-corrected chi connectivity index (χ3v) is 4.62. The van der Waals surface area contributed by atoms with Gasteiger partial charge in [-0.05, 0) is 19.3 Å². The average Bonchev–Trinajstić information content (AvgIpc) is 2.75. The van der Waals surface area contributed by atoms with Crippen LogP contribution in [0.15, 0.2) is 0 Å². The molecule has 0 saturated heterocycles. The smallest absolute Gasteiger partial charge is 0.326 e. The highest BCUT2D eigenvalue weighted by molar-refractivity contribution is 5.96. The van der Waals surface area contributed by atoms with Crippen molar-refractivity contribution in [1.82, 2.24) is 16.0 Å². The quantitative estimate of drug-likeness (QED) is 0.0832. The normalized spacial score (nSPS) is 13.8. The van der Waals surface area contributed by atoms with E-state index in [1.807, 2.05) is 10.6 Å². The molecule has 4 unspecified atom stereocenters. The Morgan fingerprint density at radius 2 is 1.03 bits per heavy atom. The molecule has 0 aromatic heterocycles. The number of hydrogen-bond donors (Lipinski definition) is 9. The zero-order valence-electron chi connectivity index (χ0n) is 19.1. The van der Waals surface area contributed by atoms with E-state index >= 15 is 0 Å². The standard InChI is InChI=1S/C19H30N6O11/c20-8(1-4-12(21)26)16(32)23-9(3-6-14(28)29)17(33)25-11(7-15(30)31)18(34)24-10(19(35)36)2-5-13(22)27/h8-11H,1-7,20H2,(H2,21,26)(H2,22,27)(H,23,32)(H,24,34)(H,25,33)(H,28,29)(H,30,31)(H,35,36). The first-order valence-corrected chi connectivity index (χ1v) is 10.5. The Balaban J connectivity index is 5.58. The number of carbonyl (C=O) groups excluding carboxylic acids is 5. The molecule has 0 fully saturated rings. The second kappa shape index (κ2) is 15.6. The molecule has 0 aromatic rings. The molecule has 0 heterocycles. The minimum atomic E-state index is -1.84. The maximum Gasteiger partial charge on any atom is 0.326 e. The van der Waals surface area contributed by atoms with Gasteiger partial charge in [0.1, 0.15) is 18.1 Å². The predicted molar refractivity (Wildman–Crippen MR) is 117 cm³/mol. The lowest BCUT2D eigenvalue weighted by atomic mass is 10.1. The maximum absolute atomic E-state index is 12.7. The summed E-state index contributed by atoms with van der Waals surface area (Å²) in [5.74, 6) is -9.37. The Morgan fingerprint density at radius 3 is 1.50 bits per heavy atom. The first-order valence-electron chi connectivity index (χ1n) is 10.5. The molecular weight excluding hydrogens is 488 g/mol. The van der Waals surface area contributed by atoms with Crippen LogP contribution in [0.3, 0.4) is 0 Å². The number of rotatable bonds is 18. The second-order valence-corrected chi connectivity index (χ2v) is 7.67. The summed E-state index contributed by atoms with van der Waals surface area (Å²) < 4.78 is 0. The van der Waals surface area contributed by atoms with Crippen LogP contribution in [0.5, 0.6) is 0 Å². The lowest BCUT2D eigenvalue weighted by molar-refractivity contribution is -0.144. The number of primary amides is 2. The lowest BCUT2D eigenvalue weighted by Gasteiger charge is -2.24. The summed E-state index contributed by atoms with van der Waals surface area (Å²) in [6, 6.07) is -6.35. The first kappa shape index (κ1) is 31.7. The van der Waals surface area contributed by atoms with Gasteiger partial charge in [0.15, 0.2) is 0 Å². The third kappa shape index (κ3) is 13.4. The summed E-state index contributed by atoms with van der Waals surface area (Å²) in [5, 5.41) is 33.4. The minimum Gasteiger partial charge on any atom is -0.481 e. The van der Waals surface area contributed by atoms with Crippen LogP contribution < -0.4 is 33.2 Å². The number of amides is 5. The molecule has 0 aliphatic carbocycles. The van der Waals surface area contributed by atoms with Crippen molar-refractivity contribution in [1.29, 1.82) is 0 Å². The van der Waals surface area contributed by atoms with Crippen molar-refractivity contribution in [3.05, 3.63) is 0 Å². The monoisotopic (exact) mass is 518 g/mol. The fourth-order valence-corrected chi connectivity index (χ4v) is 2.72. The maximum atomic E-state index is 12.7. The molecule has 0 bridgehead atoms. The van der Waals surface area contributed by atoms with Crippen LogP contribution in [0.2, 0.25) is 0 Å². The molecule has 4 atom stereocenters. The van der Waals surface area contributed by atoms with E-state index in [2.05, 4.69) is 5.32 Å². The van der Waals surface area contributed by atoms with Crippen LogP contribution in [0, 0.1) is 0 Å². The van der Waals surface area contributed by atoms with Crippen LogP contribution in [0.25, 0.3) is 0 Å². The van der Waals surface area contributed by atoms with Crippen molar-refractivity contribution < 1.29 is 53.7 Å². The van der Waals surface area contributed by atoms with Crippen LogP contribution in [0.1, 0.15) is 44.9 Å². The van der Waals surface area contributed by atoms with Crippen LogP contribution in [-0.4, -0.2) is 86.9 Å². The molecule has 0 aliphatic heterocycles. The molecule has 0 aliphatic rings. The van der Waals surface area contributed by atoms with Gasteiger partial charge < -0.3 is 48.5 Å². The van der Waals surface area contributed by atoms with Gasteiger partial charge in [-0.2, -0.15) is 0 Å². The van der Waals surface area contributed by atoms with Gasteiger partial charge in [-0.25, -0.2) is 4.79 Å². The Hall–Kier alpha value is -4.28. The Kier molecular flexibility index (Phi) is 13.7. The van der Waals surface area contributed by atoms with Crippen molar-refractivity contribution in [2.45, 2.75) is 69.1 Å². The van der Waals surface area contributed by atoms with E-state index in [9.17, 15) is 43.5 Å². The van der Waals surface area contributed by atoms with Crippen molar-refractivity contribution in [3.8, 4) is 0 Å². The Bertz CT molecular complexity index is 878. The summed E-state index contributed by atoms with van der Waals surface area (Å²) in [4.78, 5) is 92.8. The summed E-state index contributed by atoms with van der Waals surface area (Å²) in [5.41, 5.74) is 15.6. The van der Waals surface area contributed by atoms with E-state index in [0.29, 0.717) is 0 Å². The molecule has 17 nitrogen and oxygen atoms in total. The van der Waals surface area contributed by atoms with Gasteiger partial charge in [-0.15, -0.1) is 0 Å². The zero-order chi connectivity index (χ0) is 28.0. The lowest BCUT2D eigenvalue weighted by Crippen LogP contribution is -2.57. The highest BCUT2D eigenvalue weighted by atomic mass is 16.4. The minimum absolute atomic E-state index is 0.180. The molecular formula is C19H30N6O11. The van der Waals surface area contributed by atoms with Gasteiger partial charge in [0, 0.05) is 19.3 Å². The Morgan fingerprint density at radius 1 is 0.583 bits per heavy atom. The van der Waals surface area contributed by atoms with Gasteiger partial charge in [0.25, 0.3) is 0 Å². The molecule has 202 valence electrons. The summed E-state index contributed by atoms with van der Waals surface area (Å²) in [6.45, 7) is 0. The van der Waals surface area contributed by atoms with Crippen molar-refractivity contribution in [2.75, 3.05) is 0 Å². The summed E-state index contributed by atoms with van der Waals surface area (Å²) >= 11 is 0. The predicted octanol–water partition coefficient (Wildman–Crippen LogP) is -4.28. The SMILES string of the molecule is NC(=O)CCC(N)C(=O)NC(CCC(=O)O)C(=O)NC(CC(=O)O)C(=O)NC(CCC(N)=O)C(=O)O. The molecule has 0 rings (SSSR count). The van der Waals surface area contributed by atoms with E-state index < -0.39 is 104 Å². The molecule has 12 N–H and O–H groups in total. The average molecular weight is 518 g/mol.